The summed E-state index contributed by atoms with van der Waals surface area (Å²) in [7, 11) is 0. The van der Waals surface area contributed by atoms with Crippen LogP contribution in [0.3, 0.4) is 0 Å². The zero-order valence-electron chi connectivity index (χ0n) is 12.0. The van der Waals surface area contributed by atoms with Gasteiger partial charge in [0, 0.05) is 37.9 Å². The summed E-state index contributed by atoms with van der Waals surface area (Å²) in [5.41, 5.74) is 8.26. The lowest BCUT2D eigenvalue weighted by Crippen LogP contribution is -2.46. The first-order valence-electron chi connectivity index (χ1n) is 7.56. The van der Waals surface area contributed by atoms with Gasteiger partial charge in [0.05, 0.1) is 5.69 Å². The molecule has 0 saturated carbocycles. The van der Waals surface area contributed by atoms with Gasteiger partial charge in [-0.3, -0.25) is 4.90 Å². The Hall–Kier alpha value is -2.07. The first-order chi connectivity index (χ1) is 10.3. The minimum Gasteiger partial charge on any atom is -0.396 e. The molecule has 1 aromatic carbocycles. The second-order valence-electron chi connectivity index (χ2n) is 6.03. The number of hydrogen-bond donors (Lipinski definition) is 1. The van der Waals surface area contributed by atoms with Crippen molar-refractivity contribution in [3.8, 4) is 0 Å². The van der Waals surface area contributed by atoms with Crippen LogP contribution in [0.4, 0.5) is 11.5 Å². The minimum absolute atomic E-state index is 0.552. The predicted molar refractivity (Wildman–Crippen MR) is 85.0 cm³/mol. The van der Waals surface area contributed by atoms with Crippen LogP contribution in [0.15, 0.2) is 48.7 Å². The molecular formula is C17H20N4. The van der Waals surface area contributed by atoms with E-state index in [4.69, 9.17) is 5.73 Å². The topological polar surface area (TPSA) is 45.4 Å². The summed E-state index contributed by atoms with van der Waals surface area (Å²) >= 11 is 0. The molecule has 2 fully saturated rings. The molecule has 4 heteroatoms. The van der Waals surface area contributed by atoms with Crippen LogP contribution in [0.1, 0.15) is 12.0 Å². The average molecular weight is 280 g/mol. The van der Waals surface area contributed by atoms with E-state index in [-0.39, 0.29) is 0 Å². The monoisotopic (exact) mass is 280 g/mol. The van der Waals surface area contributed by atoms with E-state index in [1.807, 2.05) is 18.3 Å². The molecular weight excluding hydrogens is 260 g/mol. The van der Waals surface area contributed by atoms with Crippen LogP contribution < -0.4 is 10.6 Å². The van der Waals surface area contributed by atoms with Crippen molar-refractivity contribution in [2.75, 3.05) is 23.7 Å². The van der Waals surface area contributed by atoms with Crippen LogP contribution in [-0.4, -0.2) is 35.1 Å². The maximum atomic E-state index is 6.07. The van der Waals surface area contributed by atoms with Crippen molar-refractivity contribution >= 4 is 11.5 Å². The van der Waals surface area contributed by atoms with Crippen molar-refractivity contribution in [1.29, 1.82) is 0 Å². The summed E-state index contributed by atoms with van der Waals surface area (Å²) in [4.78, 5) is 9.45. The molecule has 1 aromatic heterocycles. The molecule has 2 bridgehead atoms. The lowest BCUT2D eigenvalue weighted by molar-refractivity contribution is 0.230. The van der Waals surface area contributed by atoms with Gasteiger partial charge in [0.1, 0.15) is 0 Å². The molecule has 4 nitrogen and oxygen atoms in total. The fraction of sp³-hybridized carbons (Fsp3) is 0.353. The Labute approximate surface area is 125 Å². The average Bonchev–Trinajstić information content (AvgIpc) is 3.09. The summed E-state index contributed by atoms with van der Waals surface area (Å²) in [6.45, 7) is 3.20. The summed E-state index contributed by atoms with van der Waals surface area (Å²) in [6.07, 6.45) is 3.06. The molecule has 108 valence electrons. The smallest absolute Gasteiger partial charge is 0.152 e. The van der Waals surface area contributed by atoms with Gasteiger partial charge in [-0.25, -0.2) is 4.98 Å². The summed E-state index contributed by atoms with van der Waals surface area (Å²) in [6, 6.07) is 15.7. The highest BCUT2D eigenvalue weighted by Gasteiger charge is 2.43. The first kappa shape index (κ1) is 12.7. The Kier molecular flexibility index (Phi) is 3.04. The molecule has 2 aliphatic rings. The van der Waals surface area contributed by atoms with Crippen LogP contribution >= 0.6 is 0 Å². The van der Waals surface area contributed by atoms with Gasteiger partial charge >= 0.3 is 0 Å². The number of nitrogen functional groups attached to an aromatic ring is 1. The maximum Gasteiger partial charge on any atom is 0.152 e. The fourth-order valence-electron chi connectivity index (χ4n) is 3.67. The summed E-state index contributed by atoms with van der Waals surface area (Å²) in [5, 5.41) is 0. The molecule has 0 radical (unpaired) electrons. The van der Waals surface area contributed by atoms with Gasteiger partial charge in [0.25, 0.3) is 0 Å². The SMILES string of the molecule is Nc1cccnc1N1CC2CC1CN2Cc1ccccc1. The van der Waals surface area contributed by atoms with Crippen molar-refractivity contribution in [2.24, 2.45) is 0 Å². The van der Waals surface area contributed by atoms with Crippen LogP contribution in [0.5, 0.6) is 0 Å². The lowest BCUT2D eigenvalue weighted by atomic mass is 10.2. The van der Waals surface area contributed by atoms with Gasteiger partial charge in [0.15, 0.2) is 5.82 Å². The predicted octanol–water partition coefficient (Wildman–Crippen LogP) is 2.13. The third-order valence-corrected chi connectivity index (χ3v) is 4.67. The van der Waals surface area contributed by atoms with E-state index >= 15 is 0 Å². The second kappa shape index (κ2) is 5.04. The van der Waals surface area contributed by atoms with Crippen LogP contribution in [0.25, 0.3) is 0 Å². The molecule has 4 rings (SSSR count). The summed E-state index contributed by atoms with van der Waals surface area (Å²) < 4.78 is 0. The summed E-state index contributed by atoms with van der Waals surface area (Å²) in [5.74, 6) is 0.962. The Bertz CT molecular complexity index is 628. The van der Waals surface area contributed by atoms with Crippen LogP contribution in [0, 0.1) is 0 Å². The highest BCUT2D eigenvalue weighted by Crippen LogP contribution is 2.36. The van der Waals surface area contributed by atoms with E-state index in [0.29, 0.717) is 12.1 Å². The molecule has 2 atom stereocenters. The molecule has 0 aliphatic carbocycles. The van der Waals surface area contributed by atoms with E-state index in [2.05, 4.69) is 45.1 Å². The quantitative estimate of drug-likeness (QED) is 0.935. The molecule has 2 aromatic rings. The van der Waals surface area contributed by atoms with Gasteiger partial charge in [0.2, 0.25) is 0 Å². The molecule has 2 aliphatic heterocycles. The first-order valence-corrected chi connectivity index (χ1v) is 7.56. The van der Waals surface area contributed by atoms with E-state index < -0.39 is 0 Å². The van der Waals surface area contributed by atoms with Gasteiger partial charge < -0.3 is 10.6 Å². The van der Waals surface area contributed by atoms with Crippen molar-refractivity contribution in [2.45, 2.75) is 25.0 Å². The zero-order valence-corrected chi connectivity index (χ0v) is 12.0. The van der Waals surface area contributed by atoms with Gasteiger partial charge in [-0.15, -0.1) is 0 Å². The van der Waals surface area contributed by atoms with E-state index in [0.717, 1.165) is 31.1 Å². The van der Waals surface area contributed by atoms with Crippen molar-refractivity contribution in [3.05, 3.63) is 54.2 Å². The third-order valence-electron chi connectivity index (χ3n) is 4.67. The van der Waals surface area contributed by atoms with Crippen molar-refractivity contribution in [3.63, 3.8) is 0 Å². The number of nitrogens with zero attached hydrogens (tertiary/aromatic N) is 3. The van der Waals surface area contributed by atoms with Crippen molar-refractivity contribution in [1.82, 2.24) is 9.88 Å². The Morgan fingerprint density at radius 3 is 2.62 bits per heavy atom. The molecule has 2 N–H and O–H groups in total. The lowest BCUT2D eigenvalue weighted by Gasteiger charge is -2.35. The van der Waals surface area contributed by atoms with Crippen LogP contribution in [-0.2, 0) is 6.54 Å². The number of aromatic nitrogens is 1. The van der Waals surface area contributed by atoms with Gasteiger partial charge in [-0.1, -0.05) is 30.3 Å². The molecule has 21 heavy (non-hydrogen) atoms. The molecule has 3 heterocycles. The second-order valence-corrected chi connectivity index (χ2v) is 6.03. The number of nitrogens with two attached hydrogens (primary N) is 1. The largest absolute Gasteiger partial charge is 0.396 e. The molecule has 0 spiro atoms. The Morgan fingerprint density at radius 1 is 1.05 bits per heavy atom. The van der Waals surface area contributed by atoms with E-state index in [1.165, 1.54) is 12.0 Å². The Balaban J connectivity index is 1.47. The highest BCUT2D eigenvalue weighted by molar-refractivity contribution is 5.63. The zero-order chi connectivity index (χ0) is 14.2. The third kappa shape index (κ3) is 2.25. The molecule has 0 amide bonds. The van der Waals surface area contributed by atoms with E-state index in [1.54, 1.807) is 0 Å². The number of pyridine rings is 1. The number of hydrogen-bond acceptors (Lipinski definition) is 4. The number of piperazine rings is 1. The minimum atomic E-state index is 0.552. The Morgan fingerprint density at radius 2 is 1.90 bits per heavy atom. The van der Waals surface area contributed by atoms with Crippen LogP contribution in [0.2, 0.25) is 0 Å². The van der Waals surface area contributed by atoms with Gasteiger partial charge in [-0.05, 0) is 24.1 Å². The van der Waals surface area contributed by atoms with Gasteiger partial charge in [-0.2, -0.15) is 0 Å². The number of likely N-dealkylation sites (tertiary alicyclic amines) is 1. The highest BCUT2D eigenvalue weighted by atomic mass is 15.4. The fourth-order valence-corrected chi connectivity index (χ4v) is 3.67. The number of rotatable bonds is 3. The van der Waals surface area contributed by atoms with E-state index in [9.17, 15) is 0 Å². The number of benzene rings is 1. The number of anilines is 2. The standard InChI is InChI=1S/C17H20N4/c18-16-7-4-8-19-17(16)21-12-14-9-15(21)11-20(14)10-13-5-2-1-3-6-13/h1-8,14-15H,9-12,18H2. The van der Waals surface area contributed by atoms with Crippen molar-refractivity contribution < 1.29 is 0 Å². The maximum absolute atomic E-state index is 6.07. The molecule has 2 unspecified atom stereocenters. The normalized spacial score (nSPS) is 24.7. The molecule has 2 saturated heterocycles. The number of fused-ring (bicyclic) bond motifs is 2.